The highest BCUT2D eigenvalue weighted by Crippen LogP contribution is 2.34. The number of aryl methyl sites for hydroxylation is 1. The molecule has 0 spiro atoms. The van der Waals surface area contributed by atoms with Crippen molar-refractivity contribution in [2.24, 2.45) is 11.8 Å². The molecule has 2 heterocycles. The van der Waals surface area contributed by atoms with Crippen LogP contribution >= 0.6 is 0 Å². The molecule has 0 N–H and O–H groups in total. The Balaban J connectivity index is 1.33. The van der Waals surface area contributed by atoms with E-state index in [4.69, 9.17) is 4.98 Å². The number of likely N-dealkylation sites (tertiary alicyclic amines) is 1. The van der Waals surface area contributed by atoms with Crippen molar-refractivity contribution in [2.75, 3.05) is 13.1 Å². The van der Waals surface area contributed by atoms with Gasteiger partial charge in [0.05, 0.1) is 11.0 Å². The van der Waals surface area contributed by atoms with Crippen LogP contribution < -0.4 is 0 Å². The minimum atomic E-state index is 0.305. The summed E-state index contributed by atoms with van der Waals surface area (Å²) in [6.07, 6.45) is 3.22. The van der Waals surface area contributed by atoms with Crippen LogP contribution in [0.5, 0.6) is 0 Å². The molecular formula is C29H29N3O. The van der Waals surface area contributed by atoms with Crippen molar-refractivity contribution in [1.29, 1.82) is 0 Å². The summed E-state index contributed by atoms with van der Waals surface area (Å²) in [5.41, 5.74) is 7.03. The summed E-state index contributed by atoms with van der Waals surface area (Å²) >= 11 is 0. The van der Waals surface area contributed by atoms with Crippen molar-refractivity contribution in [3.05, 3.63) is 78.4 Å². The van der Waals surface area contributed by atoms with Crippen LogP contribution in [0.4, 0.5) is 0 Å². The van der Waals surface area contributed by atoms with Gasteiger partial charge in [-0.15, -0.1) is 0 Å². The fourth-order valence-electron chi connectivity index (χ4n) is 5.11. The first-order chi connectivity index (χ1) is 16.2. The molecule has 0 unspecified atom stereocenters. The van der Waals surface area contributed by atoms with Crippen molar-refractivity contribution in [3.63, 3.8) is 0 Å². The summed E-state index contributed by atoms with van der Waals surface area (Å²) in [7, 11) is 0. The molecule has 1 amide bonds. The van der Waals surface area contributed by atoms with E-state index >= 15 is 0 Å². The van der Waals surface area contributed by atoms with Crippen LogP contribution in [0.25, 0.3) is 33.5 Å². The Kier molecular flexibility index (Phi) is 5.01. The summed E-state index contributed by atoms with van der Waals surface area (Å²) in [4.78, 5) is 19.7. The molecule has 2 fully saturated rings. The molecule has 1 saturated heterocycles. The molecule has 1 saturated carbocycles. The predicted molar refractivity (Wildman–Crippen MR) is 133 cm³/mol. The van der Waals surface area contributed by atoms with Crippen LogP contribution in [-0.4, -0.2) is 33.4 Å². The van der Waals surface area contributed by atoms with Crippen LogP contribution in [-0.2, 0) is 11.3 Å². The average molecular weight is 436 g/mol. The number of amides is 1. The summed E-state index contributed by atoms with van der Waals surface area (Å²) in [6.45, 7) is 4.79. The average Bonchev–Trinajstić information content (AvgIpc) is 3.50. The molecule has 1 aliphatic carbocycles. The third-order valence-electron chi connectivity index (χ3n) is 7.12. The Morgan fingerprint density at radius 1 is 0.909 bits per heavy atom. The second kappa shape index (κ2) is 8.18. The monoisotopic (exact) mass is 435 g/mol. The zero-order chi connectivity index (χ0) is 22.4. The second-order valence-electron chi connectivity index (χ2n) is 9.69. The molecule has 4 heteroatoms. The van der Waals surface area contributed by atoms with E-state index in [2.05, 4.69) is 83.1 Å². The van der Waals surface area contributed by atoms with Crippen LogP contribution in [0.1, 0.15) is 24.8 Å². The van der Waals surface area contributed by atoms with E-state index in [1.165, 1.54) is 22.2 Å². The van der Waals surface area contributed by atoms with E-state index in [1.807, 2.05) is 6.07 Å². The maximum atomic E-state index is 12.6. The third kappa shape index (κ3) is 3.95. The van der Waals surface area contributed by atoms with E-state index in [0.717, 1.165) is 55.8 Å². The van der Waals surface area contributed by atoms with Crippen LogP contribution in [0.15, 0.2) is 72.8 Å². The number of hydrogen-bond acceptors (Lipinski definition) is 2. The first-order valence-corrected chi connectivity index (χ1v) is 12.1. The molecule has 33 heavy (non-hydrogen) atoms. The molecule has 0 radical (unpaired) electrons. The van der Waals surface area contributed by atoms with E-state index in [0.29, 0.717) is 17.7 Å². The van der Waals surface area contributed by atoms with E-state index in [1.54, 1.807) is 0 Å². The summed E-state index contributed by atoms with van der Waals surface area (Å²) < 4.78 is 2.38. The van der Waals surface area contributed by atoms with Gasteiger partial charge in [0.15, 0.2) is 0 Å². The van der Waals surface area contributed by atoms with Crippen LogP contribution in [0.2, 0.25) is 0 Å². The third-order valence-corrected chi connectivity index (χ3v) is 7.12. The molecule has 2 aliphatic rings. The molecule has 1 aromatic heterocycles. The minimum absolute atomic E-state index is 0.305. The summed E-state index contributed by atoms with van der Waals surface area (Å²) in [5, 5.41) is 0. The highest BCUT2D eigenvalue weighted by Gasteiger charge is 2.36. The molecule has 4 nitrogen and oxygen atoms in total. The normalized spacial score (nSPS) is 18.2. The molecule has 3 aromatic carbocycles. The highest BCUT2D eigenvalue weighted by molar-refractivity contribution is 5.82. The number of hydrogen-bond donors (Lipinski definition) is 0. The second-order valence-corrected chi connectivity index (χ2v) is 9.69. The first-order valence-electron chi connectivity index (χ1n) is 12.1. The molecule has 6 rings (SSSR count). The van der Waals surface area contributed by atoms with Gasteiger partial charge in [0, 0.05) is 31.1 Å². The quantitative estimate of drug-likeness (QED) is 0.389. The van der Waals surface area contributed by atoms with Crippen molar-refractivity contribution < 1.29 is 4.79 Å². The number of carbonyl (C=O) groups is 1. The standard InChI is InChI=1S/C29H29N3O/c1-20-7-14-26-27(17-20)32(19-21-15-16-31(18-21)29(33)25-12-13-25)28(30-26)24-10-8-23(9-11-24)22-5-3-2-4-6-22/h2-11,14,17,21,25H,12-13,15-16,18-19H2,1H3/t21-/m1/s1. The number of aromatic nitrogens is 2. The van der Waals surface area contributed by atoms with Crippen molar-refractivity contribution in [3.8, 4) is 22.5 Å². The predicted octanol–water partition coefficient (Wildman–Crippen LogP) is 5.94. The van der Waals surface area contributed by atoms with Gasteiger partial charge in [0.2, 0.25) is 5.91 Å². The lowest BCUT2D eigenvalue weighted by atomic mass is 10.0. The smallest absolute Gasteiger partial charge is 0.225 e. The summed E-state index contributed by atoms with van der Waals surface area (Å²) in [6, 6.07) is 25.7. The van der Waals surface area contributed by atoms with Gasteiger partial charge in [-0.3, -0.25) is 4.79 Å². The number of fused-ring (bicyclic) bond motifs is 1. The van der Waals surface area contributed by atoms with E-state index < -0.39 is 0 Å². The molecule has 0 bridgehead atoms. The molecule has 1 atom stereocenters. The molecule has 1 aliphatic heterocycles. The fourth-order valence-corrected chi connectivity index (χ4v) is 5.11. The Hall–Kier alpha value is -3.40. The zero-order valence-corrected chi connectivity index (χ0v) is 19.1. The Bertz CT molecular complexity index is 1300. The van der Waals surface area contributed by atoms with Crippen LogP contribution in [0.3, 0.4) is 0 Å². The number of carbonyl (C=O) groups excluding carboxylic acids is 1. The Morgan fingerprint density at radius 2 is 1.64 bits per heavy atom. The maximum absolute atomic E-state index is 12.6. The highest BCUT2D eigenvalue weighted by atomic mass is 16.2. The topological polar surface area (TPSA) is 38.1 Å². The number of imidazole rings is 1. The maximum Gasteiger partial charge on any atom is 0.225 e. The van der Waals surface area contributed by atoms with Gasteiger partial charge in [-0.2, -0.15) is 0 Å². The Morgan fingerprint density at radius 3 is 2.39 bits per heavy atom. The van der Waals surface area contributed by atoms with Crippen molar-refractivity contribution in [1.82, 2.24) is 14.5 Å². The van der Waals surface area contributed by atoms with Gasteiger partial charge in [-0.25, -0.2) is 4.98 Å². The van der Waals surface area contributed by atoms with Gasteiger partial charge in [0.1, 0.15) is 5.82 Å². The van der Waals surface area contributed by atoms with Gasteiger partial charge in [-0.05, 0) is 60.9 Å². The van der Waals surface area contributed by atoms with Gasteiger partial charge >= 0.3 is 0 Å². The van der Waals surface area contributed by atoms with Gasteiger partial charge in [0.25, 0.3) is 0 Å². The lowest BCUT2D eigenvalue weighted by Gasteiger charge is -2.18. The number of nitrogens with zero attached hydrogens (tertiary/aromatic N) is 3. The van der Waals surface area contributed by atoms with Crippen molar-refractivity contribution >= 4 is 16.9 Å². The first kappa shape index (κ1) is 20.2. The van der Waals surface area contributed by atoms with E-state index in [-0.39, 0.29) is 0 Å². The van der Waals surface area contributed by atoms with Gasteiger partial charge in [-0.1, -0.05) is 60.7 Å². The number of benzene rings is 3. The lowest BCUT2D eigenvalue weighted by Crippen LogP contribution is -2.30. The zero-order valence-electron chi connectivity index (χ0n) is 19.1. The molecule has 166 valence electrons. The fraction of sp³-hybridized carbons (Fsp3) is 0.310. The van der Waals surface area contributed by atoms with Gasteiger partial charge < -0.3 is 9.47 Å². The van der Waals surface area contributed by atoms with E-state index in [9.17, 15) is 4.79 Å². The molecule has 4 aromatic rings. The molecular weight excluding hydrogens is 406 g/mol. The van der Waals surface area contributed by atoms with Crippen LogP contribution in [0, 0.1) is 18.8 Å². The lowest BCUT2D eigenvalue weighted by molar-refractivity contribution is -0.131. The minimum Gasteiger partial charge on any atom is -0.342 e. The Labute approximate surface area is 194 Å². The SMILES string of the molecule is Cc1ccc2nc(-c3ccc(-c4ccccc4)cc3)n(C[C@@H]3CCN(C(=O)C4CC4)C3)c2c1. The largest absolute Gasteiger partial charge is 0.342 e. The summed E-state index contributed by atoms with van der Waals surface area (Å²) in [5.74, 6) is 2.16. The van der Waals surface area contributed by atoms with Crippen molar-refractivity contribution in [2.45, 2.75) is 32.7 Å². The number of rotatable bonds is 5.